The van der Waals surface area contributed by atoms with Gasteiger partial charge in [-0.2, -0.15) is 0 Å². The number of carbonyl (C=O) groups is 1. The molecule has 0 spiro atoms. The highest BCUT2D eigenvalue weighted by Crippen LogP contribution is 2.32. The Morgan fingerprint density at radius 3 is 2.46 bits per heavy atom. The number of benzene rings is 1. The van der Waals surface area contributed by atoms with Gasteiger partial charge >= 0.3 is 5.97 Å². The summed E-state index contributed by atoms with van der Waals surface area (Å²) in [5.74, 6) is -0.384. The van der Waals surface area contributed by atoms with Gasteiger partial charge in [0.15, 0.2) is 0 Å². The minimum atomic E-state index is -0.807. The molecule has 0 fully saturated rings. The van der Waals surface area contributed by atoms with Gasteiger partial charge in [0.2, 0.25) is 0 Å². The van der Waals surface area contributed by atoms with E-state index in [1.807, 2.05) is 6.08 Å². The summed E-state index contributed by atoms with van der Waals surface area (Å²) in [6.07, 6.45) is 14.4. The molecule has 1 aliphatic carbocycles. The number of carboxylic acids is 1. The number of aliphatic carboxylic acids is 1. The Labute approximate surface area is 236 Å². The monoisotopic (exact) mass is 543 g/mol. The molecule has 4 atom stereocenters. The van der Waals surface area contributed by atoms with Crippen LogP contribution < -0.4 is 5.32 Å². The maximum Gasteiger partial charge on any atom is 0.303 e. The molecule has 39 heavy (non-hydrogen) atoms. The van der Waals surface area contributed by atoms with Gasteiger partial charge in [-0.15, -0.1) is 0 Å². The third-order valence-electron chi connectivity index (χ3n) is 8.03. The molecule has 0 bridgehead atoms. The first kappa shape index (κ1) is 33.2. The molecule has 0 radical (unpaired) electrons. The summed E-state index contributed by atoms with van der Waals surface area (Å²) in [4.78, 5) is 11.2. The molecule has 0 aliphatic heterocycles. The van der Waals surface area contributed by atoms with Crippen LogP contribution in [0.15, 0.2) is 47.6 Å². The van der Waals surface area contributed by atoms with Gasteiger partial charge in [0.25, 0.3) is 0 Å². The number of fused-ring (bicyclic) bond motifs is 1. The fourth-order valence-electron chi connectivity index (χ4n) is 5.74. The van der Waals surface area contributed by atoms with E-state index < -0.39 is 18.2 Å². The van der Waals surface area contributed by atoms with Crippen LogP contribution >= 0.6 is 0 Å². The summed E-state index contributed by atoms with van der Waals surface area (Å²) >= 11 is 0. The summed E-state index contributed by atoms with van der Waals surface area (Å²) < 4.78 is 0. The molecule has 0 saturated heterocycles. The number of allylic oxidation sites excluding steroid dienone is 2. The SMILES string of the molecule is CCCCCC(O)C=CC1=C(CC(O)CO)CC(CCC(CCC(=O)O)NCC)CCc2ccccc2CC1. The summed E-state index contributed by atoms with van der Waals surface area (Å²) in [6.45, 7) is 4.75. The van der Waals surface area contributed by atoms with Crippen molar-refractivity contribution in [3.05, 3.63) is 58.7 Å². The largest absolute Gasteiger partial charge is 0.481 e. The van der Waals surface area contributed by atoms with Crippen LogP contribution in [0.3, 0.4) is 0 Å². The zero-order valence-electron chi connectivity index (χ0n) is 24.3. The van der Waals surface area contributed by atoms with Gasteiger partial charge in [-0.3, -0.25) is 4.79 Å². The standard InChI is InChI=1S/C33H53NO5/c1-3-5-6-11-31(36)20-17-28-16-15-27-10-8-7-9-26(27)14-12-25(22-29(28)23-32(37)24-35)13-18-30(34-4-2)19-21-33(38)39/h7-10,17,20,25,30-32,34-37H,3-6,11-16,18-19,21-24H2,1-2H3,(H,38,39). The van der Waals surface area contributed by atoms with E-state index in [-0.39, 0.29) is 19.1 Å². The normalized spacial score (nSPS) is 19.1. The van der Waals surface area contributed by atoms with Crippen LogP contribution in [0.1, 0.15) is 102 Å². The van der Waals surface area contributed by atoms with Gasteiger partial charge in [-0.1, -0.05) is 75.1 Å². The summed E-state index contributed by atoms with van der Waals surface area (Å²) in [5, 5.41) is 43.4. The summed E-state index contributed by atoms with van der Waals surface area (Å²) in [6, 6.07) is 8.82. The lowest BCUT2D eigenvalue weighted by Gasteiger charge is -2.26. The van der Waals surface area contributed by atoms with E-state index in [0.717, 1.165) is 82.7 Å². The second-order valence-corrected chi connectivity index (χ2v) is 11.2. The van der Waals surface area contributed by atoms with Crippen LogP contribution in [-0.2, 0) is 17.6 Å². The highest BCUT2D eigenvalue weighted by atomic mass is 16.4. The van der Waals surface area contributed by atoms with Crippen molar-refractivity contribution in [3.8, 4) is 0 Å². The Hall–Kier alpha value is -1.99. The summed E-state index contributed by atoms with van der Waals surface area (Å²) in [7, 11) is 0. The molecule has 5 N–H and O–H groups in total. The molecule has 0 aromatic heterocycles. The predicted molar refractivity (Wildman–Crippen MR) is 159 cm³/mol. The highest BCUT2D eigenvalue weighted by Gasteiger charge is 2.21. The third kappa shape index (κ3) is 13.3. The molecule has 4 unspecified atom stereocenters. The average molecular weight is 544 g/mol. The van der Waals surface area contributed by atoms with Crippen LogP contribution in [0.5, 0.6) is 0 Å². The number of nitrogens with one attached hydrogen (secondary N) is 1. The van der Waals surface area contributed by atoms with Crippen molar-refractivity contribution in [1.82, 2.24) is 5.32 Å². The first-order chi connectivity index (χ1) is 18.9. The molecule has 1 aliphatic rings. The number of rotatable bonds is 17. The Bertz CT molecular complexity index is 896. The lowest BCUT2D eigenvalue weighted by molar-refractivity contribution is -0.137. The van der Waals surface area contributed by atoms with Gasteiger partial charge in [0.05, 0.1) is 18.8 Å². The lowest BCUT2D eigenvalue weighted by atomic mass is 9.81. The van der Waals surface area contributed by atoms with Gasteiger partial charge in [0, 0.05) is 12.5 Å². The Kier molecular flexibility index (Phi) is 16.3. The number of unbranched alkanes of at least 4 members (excludes halogenated alkanes) is 2. The molecule has 6 heteroatoms. The van der Waals surface area contributed by atoms with Crippen LogP contribution in [-0.4, -0.2) is 57.8 Å². The lowest BCUT2D eigenvalue weighted by Crippen LogP contribution is -2.30. The van der Waals surface area contributed by atoms with Gasteiger partial charge in [-0.05, 0) is 93.4 Å². The van der Waals surface area contributed by atoms with Crippen molar-refractivity contribution >= 4 is 5.97 Å². The molecule has 2 rings (SSSR count). The molecular weight excluding hydrogens is 490 g/mol. The van der Waals surface area contributed by atoms with Crippen molar-refractivity contribution in [2.45, 2.75) is 122 Å². The molecule has 0 amide bonds. The Morgan fingerprint density at radius 2 is 1.79 bits per heavy atom. The van der Waals surface area contributed by atoms with E-state index in [1.54, 1.807) is 0 Å². The molecule has 0 heterocycles. The number of aliphatic hydroxyl groups excluding tert-OH is 3. The number of hydrogen-bond donors (Lipinski definition) is 5. The second-order valence-electron chi connectivity index (χ2n) is 11.2. The number of carboxylic acid groups (broad SMARTS) is 1. The third-order valence-corrected chi connectivity index (χ3v) is 8.03. The number of aliphatic hydroxyl groups is 3. The Balaban J connectivity index is 2.34. The van der Waals surface area contributed by atoms with Crippen molar-refractivity contribution < 1.29 is 25.2 Å². The minimum absolute atomic E-state index is 0.166. The number of hydrogen-bond acceptors (Lipinski definition) is 5. The topological polar surface area (TPSA) is 110 Å². The van der Waals surface area contributed by atoms with E-state index in [9.17, 15) is 25.2 Å². The van der Waals surface area contributed by atoms with E-state index in [2.05, 4.69) is 49.5 Å². The van der Waals surface area contributed by atoms with E-state index >= 15 is 0 Å². The predicted octanol–water partition coefficient (Wildman–Crippen LogP) is 5.73. The highest BCUT2D eigenvalue weighted by molar-refractivity contribution is 5.66. The van der Waals surface area contributed by atoms with E-state index in [4.69, 9.17) is 0 Å². The fourth-order valence-corrected chi connectivity index (χ4v) is 5.74. The van der Waals surface area contributed by atoms with Gasteiger partial charge in [-0.25, -0.2) is 0 Å². The first-order valence-corrected chi connectivity index (χ1v) is 15.2. The van der Waals surface area contributed by atoms with Gasteiger partial charge in [0.1, 0.15) is 0 Å². The van der Waals surface area contributed by atoms with Crippen molar-refractivity contribution in [2.24, 2.45) is 5.92 Å². The molecule has 1 aromatic rings. The van der Waals surface area contributed by atoms with E-state index in [1.165, 1.54) is 16.7 Å². The van der Waals surface area contributed by atoms with Gasteiger partial charge < -0.3 is 25.7 Å². The second kappa shape index (κ2) is 19.1. The first-order valence-electron chi connectivity index (χ1n) is 15.2. The Morgan fingerprint density at radius 1 is 1.05 bits per heavy atom. The van der Waals surface area contributed by atoms with Crippen LogP contribution in [0.4, 0.5) is 0 Å². The molecule has 6 nitrogen and oxygen atoms in total. The van der Waals surface area contributed by atoms with Crippen molar-refractivity contribution in [2.75, 3.05) is 13.2 Å². The van der Waals surface area contributed by atoms with E-state index in [0.29, 0.717) is 18.8 Å². The van der Waals surface area contributed by atoms with Crippen LogP contribution in [0.25, 0.3) is 0 Å². The smallest absolute Gasteiger partial charge is 0.303 e. The van der Waals surface area contributed by atoms with Crippen molar-refractivity contribution in [3.63, 3.8) is 0 Å². The maximum absolute atomic E-state index is 11.2. The van der Waals surface area contributed by atoms with Crippen LogP contribution in [0.2, 0.25) is 0 Å². The molecule has 1 aromatic carbocycles. The molecular formula is C33H53NO5. The zero-order valence-corrected chi connectivity index (χ0v) is 24.3. The van der Waals surface area contributed by atoms with Crippen molar-refractivity contribution in [1.29, 1.82) is 0 Å². The fraction of sp³-hybridized carbons (Fsp3) is 0.667. The molecule has 220 valence electrons. The zero-order chi connectivity index (χ0) is 28.5. The van der Waals surface area contributed by atoms with Crippen LogP contribution in [0, 0.1) is 5.92 Å². The molecule has 0 saturated carbocycles. The minimum Gasteiger partial charge on any atom is -0.481 e. The quantitative estimate of drug-likeness (QED) is 0.161. The number of aryl methyl sites for hydroxylation is 2. The maximum atomic E-state index is 11.2. The average Bonchev–Trinajstić information content (AvgIpc) is 2.92. The summed E-state index contributed by atoms with van der Waals surface area (Å²) in [5.41, 5.74) is 5.07.